The van der Waals surface area contributed by atoms with Crippen LogP contribution in [-0.2, 0) is 13.2 Å². The van der Waals surface area contributed by atoms with Crippen LogP contribution in [0.3, 0.4) is 0 Å². The average molecular weight is 408 g/mol. The fraction of sp³-hybridized carbons (Fsp3) is 0.130. The van der Waals surface area contributed by atoms with E-state index in [9.17, 15) is 9.18 Å². The molecule has 0 saturated heterocycles. The zero-order valence-electron chi connectivity index (χ0n) is 15.8. The van der Waals surface area contributed by atoms with Crippen molar-refractivity contribution in [2.45, 2.75) is 13.2 Å². The lowest BCUT2D eigenvalue weighted by Gasteiger charge is -2.19. The molecule has 29 heavy (non-hydrogen) atoms. The number of hydrogen-bond acceptors (Lipinski definition) is 3. The van der Waals surface area contributed by atoms with Gasteiger partial charge in [-0.25, -0.2) is 9.07 Å². The van der Waals surface area contributed by atoms with Crippen LogP contribution in [0.25, 0.3) is 22.0 Å². The molecule has 0 fully saturated rings. The fourth-order valence-electron chi connectivity index (χ4n) is 3.37. The van der Waals surface area contributed by atoms with Crippen molar-refractivity contribution in [1.29, 1.82) is 0 Å². The molecular weight excluding hydrogens is 389 g/mol. The Morgan fingerprint density at radius 2 is 1.66 bits per heavy atom. The highest BCUT2D eigenvalue weighted by Gasteiger charge is 2.15. The van der Waals surface area contributed by atoms with Gasteiger partial charge in [-0.1, -0.05) is 66.2 Å². The Balaban J connectivity index is 1.74. The van der Waals surface area contributed by atoms with Crippen molar-refractivity contribution in [2.75, 3.05) is 7.05 Å². The molecule has 6 heteroatoms. The first-order chi connectivity index (χ1) is 14.0. The van der Waals surface area contributed by atoms with Gasteiger partial charge in [-0.05, 0) is 25.2 Å². The van der Waals surface area contributed by atoms with E-state index >= 15 is 0 Å². The van der Waals surface area contributed by atoms with E-state index in [1.54, 1.807) is 25.2 Å². The molecule has 1 heterocycles. The summed E-state index contributed by atoms with van der Waals surface area (Å²) in [5, 5.41) is 6.40. The van der Waals surface area contributed by atoms with Crippen molar-refractivity contribution < 1.29 is 4.39 Å². The van der Waals surface area contributed by atoms with Crippen LogP contribution in [0.2, 0.25) is 5.02 Å². The Morgan fingerprint density at radius 1 is 0.966 bits per heavy atom. The first-order valence-corrected chi connectivity index (χ1v) is 9.59. The molecule has 0 aliphatic heterocycles. The number of fused-ring (bicyclic) bond motifs is 1. The molecule has 0 N–H and O–H groups in total. The van der Waals surface area contributed by atoms with E-state index in [1.807, 2.05) is 53.4 Å². The lowest BCUT2D eigenvalue weighted by atomic mass is 10.1. The second-order valence-corrected chi connectivity index (χ2v) is 7.33. The van der Waals surface area contributed by atoms with Crippen LogP contribution >= 0.6 is 11.6 Å². The predicted octanol–water partition coefficient (Wildman–Crippen LogP) is 4.95. The van der Waals surface area contributed by atoms with Crippen molar-refractivity contribution in [3.63, 3.8) is 0 Å². The van der Waals surface area contributed by atoms with Crippen molar-refractivity contribution >= 4 is 22.4 Å². The zero-order valence-corrected chi connectivity index (χ0v) is 16.6. The summed E-state index contributed by atoms with van der Waals surface area (Å²) in [5.41, 5.74) is 1.87. The summed E-state index contributed by atoms with van der Waals surface area (Å²) in [4.78, 5) is 14.8. The highest BCUT2D eigenvalue weighted by atomic mass is 35.5. The number of nitrogens with zero attached hydrogens (tertiary/aromatic N) is 3. The first-order valence-electron chi connectivity index (χ1n) is 9.21. The molecule has 0 unspecified atom stereocenters. The van der Waals surface area contributed by atoms with Gasteiger partial charge in [0.05, 0.1) is 17.7 Å². The van der Waals surface area contributed by atoms with Crippen LogP contribution in [0.1, 0.15) is 5.56 Å². The standard InChI is InChI=1S/C23H19ClFN3O/c1-27(14-19-20(24)12-7-13-21(19)25)15-28-23(29)18-11-6-5-10-17(18)22(26-28)16-8-3-2-4-9-16/h2-13H,14-15H2,1H3. The third-order valence-electron chi connectivity index (χ3n) is 4.78. The van der Waals surface area contributed by atoms with Gasteiger partial charge in [0.15, 0.2) is 0 Å². The Hall–Kier alpha value is -3.02. The highest BCUT2D eigenvalue weighted by Crippen LogP contribution is 2.24. The molecule has 0 amide bonds. The maximum absolute atomic E-state index is 14.1. The minimum atomic E-state index is -0.367. The number of rotatable bonds is 5. The van der Waals surface area contributed by atoms with E-state index in [-0.39, 0.29) is 24.6 Å². The highest BCUT2D eigenvalue weighted by molar-refractivity contribution is 6.31. The van der Waals surface area contributed by atoms with Crippen LogP contribution in [0.5, 0.6) is 0 Å². The summed E-state index contributed by atoms with van der Waals surface area (Å²) in [6.07, 6.45) is 0. The Morgan fingerprint density at radius 3 is 2.38 bits per heavy atom. The molecule has 0 aliphatic rings. The number of aromatic nitrogens is 2. The lowest BCUT2D eigenvalue weighted by molar-refractivity contribution is 0.238. The van der Waals surface area contributed by atoms with Crippen LogP contribution in [0.15, 0.2) is 77.6 Å². The summed E-state index contributed by atoms with van der Waals surface area (Å²) in [5.74, 6) is -0.367. The van der Waals surface area contributed by atoms with Gasteiger partial charge < -0.3 is 0 Å². The molecule has 0 saturated carbocycles. The third kappa shape index (κ3) is 3.92. The van der Waals surface area contributed by atoms with E-state index in [0.717, 1.165) is 16.6 Å². The van der Waals surface area contributed by atoms with Gasteiger partial charge in [0, 0.05) is 28.1 Å². The van der Waals surface area contributed by atoms with E-state index in [0.29, 0.717) is 16.0 Å². The molecule has 0 spiro atoms. The summed E-state index contributed by atoms with van der Waals surface area (Å²) < 4.78 is 15.5. The molecule has 146 valence electrons. The van der Waals surface area contributed by atoms with Crippen molar-refractivity contribution in [3.8, 4) is 11.3 Å². The van der Waals surface area contributed by atoms with Crippen molar-refractivity contribution in [1.82, 2.24) is 14.7 Å². The van der Waals surface area contributed by atoms with Crippen LogP contribution in [0, 0.1) is 5.82 Å². The van der Waals surface area contributed by atoms with Gasteiger partial charge >= 0.3 is 0 Å². The number of halogens is 2. The van der Waals surface area contributed by atoms with Crippen LogP contribution in [-0.4, -0.2) is 21.7 Å². The molecule has 0 bridgehead atoms. The molecule has 4 nitrogen and oxygen atoms in total. The molecular formula is C23H19ClFN3O. The van der Waals surface area contributed by atoms with Gasteiger partial charge in [-0.15, -0.1) is 0 Å². The molecule has 0 aliphatic carbocycles. The summed E-state index contributed by atoms with van der Waals surface area (Å²) in [6.45, 7) is 0.460. The normalized spacial score (nSPS) is 11.3. The SMILES string of the molecule is CN(Cc1c(F)cccc1Cl)Cn1nc(-c2ccccc2)c2ccccc2c1=O. The molecule has 0 radical (unpaired) electrons. The summed E-state index contributed by atoms with van der Waals surface area (Å²) in [7, 11) is 1.80. The number of benzene rings is 3. The van der Waals surface area contributed by atoms with Gasteiger partial charge in [-0.2, -0.15) is 5.10 Å². The molecule has 4 rings (SSSR count). The maximum atomic E-state index is 14.1. The largest absolute Gasteiger partial charge is 0.283 e. The minimum absolute atomic E-state index is 0.188. The molecule has 3 aromatic carbocycles. The summed E-state index contributed by atoms with van der Waals surface area (Å²) >= 11 is 6.14. The lowest BCUT2D eigenvalue weighted by Crippen LogP contribution is -2.32. The fourth-order valence-corrected chi connectivity index (χ4v) is 3.59. The predicted molar refractivity (Wildman–Crippen MR) is 114 cm³/mol. The van der Waals surface area contributed by atoms with Crippen molar-refractivity contribution in [2.24, 2.45) is 0 Å². The van der Waals surface area contributed by atoms with Crippen LogP contribution < -0.4 is 5.56 Å². The van der Waals surface area contributed by atoms with Gasteiger partial charge in [0.2, 0.25) is 0 Å². The van der Waals surface area contributed by atoms with E-state index in [4.69, 9.17) is 11.6 Å². The average Bonchev–Trinajstić information content (AvgIpc) is 2.73. The quantitative estimate of drug-likeness (QED) is 0.470. The first kappa shape index (κ1) is 19.3. The molecule has 1 aromatic heterocycles. The minimum Gasteiger partial charge on any atom is -0.283 e. The second-order valence-electron chi connectivity index (χ2n) is 6.92. The Kier molecular flexibility index (Phi) is 5.43. The van der Waals surface area contributed by atoms with E-state index in [1.165, 1.54) is 10.7 Å². The third-order valence-corrected chi connectivity index (χ3v) is 5.13. The maximum Gasteiger partial charge on any atom is 0.275 e. The topological polar surface area (TPSA) is 38.1 Å². The smallest absolute Gasteiger partial charge is 0.275 e. The zero-order chi connectivity index (χ0) is 20.4. The van der Waals surface area contributed by atoms with Crippen LogP contribution in [0.4, 0.5) is 4.39 Å². The Labute approximate surface area is 172 Å². The van der Waals surface area contributed by atoms with Gasteiger partial charge in [0.1, 0.15) is 5.82 Å². The second kappa shape index (κ2) is 8.15. The summed E-state index contributed by atoms with van der Waals surface area (Å²) in [6, 6.07) is 21.8. The van der Waals surface area contributed by atoms with Gasteiger partial charge in [-0.3, -0.25) is 9.69 Å². The van der Waals surface area contributed by atoms with Crippen molar-refractivity contribution in [3.05, 3.63) is 99.6 Å². The van der Waals surface area contributed by atoms with E-state index < -0.39 is 0 Å². The van der Waals surface area contributed by atoms with E-state index in [2.05, 4.69) is 5.10 Å². The monoisotopic (exact) mass is 407 g/mol. The molecule has 4 aromatic rings. The Bertz CT molecular complexity index is 1200. The van der Waals surface area contributed by atoms with Gasteiger partial charge in [0.25, 0.3) is 5.56 Å². The molecule has 0 atom stereocenters. The number of hydrogen-bond donors (Lipinski definition) is 0.